The average molecular weight is 411 g/mol. The number of phenols is 1. The van der Waals surface area contributed by atoms with Crippen LogP contribution in [0.15, 0.2) is 47.3 Å². The highest BCUT2D eigenvalue weighted by atomic mass is 35.5. The number of nitrogen functional groups attached to an aromatic ring is 1. The highest BCUT2D eigenvalue weighted by molar-refractivity contribution is 6.39. The van der Waals surface area contributed by atoms with Crippen molar-refractivity contribution in [3.05, 3.63) is 62.7 Å². The molecule has 138 valence electrons. The lowest BCUT2D eigenvalue weighted by molar-refractivity contribution is 0.486. The third-order valence-electron chi connectivity index (χ3n) is 5.06. The van der Waals surface area contributed by atoms with E-state index in [9.17, 15) is 15.0 Å². The van der Waals surface area contributed by atoms with Crippen LogP contribution in [0.4, 0.5) is 5.69 Å². The number of hydrogen-bond acceptors (Lipinski definition) is 4. The lowest BCUT2D eigenvalue weighted by Crippen LogP contribution is -2.06. The minimum absolute atomic E-state index is 0.0835. The van der Waals surface area contributed by atoms with Crippen molar-refractivity contribution in [3.63, 3.8) is 0 Å². The van der Waals surface area contributed by atoms with Crippen LogP contribution in [0, 0.1) is 0 Å². The first-order chi connectivity index (χ1) is 13.4. The third-order valence-corrected chi connectivity index (χ3v) is 5.58. The lowest BCUT2D eigenvalue weighted by Gasteiger charge is -2.14. The van der Waals surface area contributed by atoms with Crippen molar-refractivity contribution in [2.75, 3.05) is 5.73 Å². The predicted octanol–water partition coefficient (Wildman–Crippen LogP) is 5.29. The van der Waals surface area contributed by atoms with Crippen LogP contribution < -0.4 is 11.2 Å². The van der Waals surface area contributed by atoms with Crippen molar-refractivity contribution in [3.8, 4) is 11.5 Å². The number of phenolic OH excluding ortho intramolecular Hbond substituents is 1. The Bertz CT molecular complexity index is 1540. The summed E-state index contributed by atoms with van der Waals surface area (Å²) in [4.78, 5) is 16.4. The second-order valence-electron chi connectivity index (χ2n) is 6.65. The molecule has 1 heterocycles. The Balaban J connectivity index is 2.16. The molecule has 5 aromatic rings. The Hall–Kier alpha value is -3.15. The van der Waals surface area contributed by atoms with Crippen LogP contribution in [0.25, 0.3) is 43.4 Å². The average Bonchev–Trinajstić information content (AvgIpc) is 2.67. The second kappa shape index (κ2) is 5.67. The number of H-pyrrole nitrogens is 1. The van der Waals surface area contributed by atoms with Gasteiger partial charge in [-0.3, -0.25) is 4.79 Å². The lowest BCUT2D eigenvalue weighted by atomic mass is 9.96. The van der Waals surface area contributed by atoms with Gasteiger partial charge in [-0.2, -0.15) is 0 Å². The molecule has 0 spiro atoms. The van der Waals surface area contributed by atoms with Crippen LogP contribution in [0.5, 0.6) is 11.5 Å². The van der Waals surface area contributed by atoms with Gasteiger partial charge in [0, 0.05) is 32.3 Å². The highest BCUT2D eigenvalue weighted by Crippen LogP contribution is 2.43. The van der Waals surface area contributed by atoms with Gasteiger partial charge in [-0.15, -0.1) is 0 Å². The van der Waals surface area contributed by atoms with Crippen LogP contribution in [0.2, 0.25) is 10.0 Å². The van der Waals surface area contributed by atoms with Gasteiger partial charge in [0.2, 0.25) is 0 Å². The Morgan fingerprint density at radius 1 is 0.821 bits per heavy atom. The zero-order valence-electron chi connectivity index (χ0n) is 14.2. The van der Waals surface area contributed by atoms with Crippen molar-refractivity contribution >= 4 is 72.2 Å². The van der Waals surface area contributed by atoms with Gasteiger partial charge in [-0.1, -0.05) is 47.5 Å². The summed E-state index contributed by atoms with van der Waals surface area (Å²) in [6.07, 6.45) is 0. The summed E-state index contributed by atoms with van der Waals surface area (Å²) >= 11 is 12.4. The molecule has 0 amide bonds. The number of aromatic amines is 1. The number of hydrogen-bond donors (Lipinski definition) is 4. The third kappa shape index (κ3) is 2.11. The van der Waals surface area contributed by atoms with Crippen molar-refractivity contribution in [2.24, 2.45) is 0 Å². The molecule has 5 nitrogen and oxygen atoms in total. The molecule has 4 aromatic carbocycles. The summed E-state index contributed by atoms with van der Waals surface area (Å²) in [5, 5.41) is 24.3. The standard InChI is InChI=1S/C21H12Cl2N2O3/c22-8-5-11-17(13(23)6-8)25-18-12(19(11)26)7-14(24)15-16(18)21(28)10-4-2-1-3-9(10)20(15)27/h1-7,25-27H,24H2. The first kappa shape index (κ1) is 17.0. The van der Waals surface area contributed by atoms with Crippen molar-refractivity contribution in [1.29, 1.82) is 0 Å². The molecule has 1 aromatic heterocycles. The molecule has 7 heteroatoms. The SMILES string of the molecule is Nc1cc2c(O)c3cc(Cl)cc(Cl)c3[nH]c2c2c(=O)c3ccccc3c(O)c12. The van der Waals surface area contributed by atoms with E-state index >= 15 is 0 Å². The fraction of sp³-hybridized carbons (Fsp3) is 0. The fourth-order valence-corrected chi connectivity index (χ4v) is 4.36. The monoisotopic (exact) mass is 410 g/mol. The number of rotatable bonds is 0. The van der Waals surface area contributed by atoms with E-state index in [2.05, 4.69) is 4.98 Å². The molecule has 0 atom stereocenters. The molecular weight excluding hydrogens is 399 g/mol. The molecule has 0 saturated heterocycles. The minimum atomic E-state index is -0.305. The van der Waals surface area contributed by atoms with Gasteiger partial charge in [0.05, 0.1) is 26.8 Å². The molecule has 0 bridgehead atoms. The number of fused-ring (bicyclic) bond motifs is 5. The van der Waals surface area contributed by atoms with Gasteiger partial charge in [0.15, 0.2) is 5.43 Å². The van der Waals surface area contributed by atoms with E-state index in [4.69, 9.17) is 28.9 Å². The van der Waals surface area contributed by atoms with E-state index in [0.29, 0.717) is 42.6 Å². The smallest absolute Gasteiger partial charge is 0.196 e. The summed E-state index contributed by atoms with van der Waals surface area (Å²) in [5.74, 6) is -0.186. The summed E-state index contributed by atoms with van der Waals surface area (Å²) in [6.45, 7) is 0. The summed E-state index contributed by atoms with van der Waals surface area (Å²) < 4.78 is 0. The zero-order valence-corrected chi connectivity index (χ0v) is 15.7. The molecule has 0 unspecified atom stereocenters. The van der Waals surface area contributed by atoms with Gasteiger partial charge >= 0.3 is 0 Å². The molecule has 0 aliphatic rings. The maximum absolute atomic E-state index is 13.3. The molecule has 0 aliphatic carbocycles. The quantitative estimate of drug-likeness (QED) is 0.158. The molecule has 0 fully saturated rings. The van der Waals surface area contributed by atoms with Crippen molar-refractivity contribution < 1.29 is 10.2 Å². The molecule has 0 saturated carbocycles. The Labute approximate surface area is 167 Å². The first-order valence-electron chi connectivity index (χ1n) is 8.38. The summed E-state index contributed by atoms with van der Waals surface area (Å²) in [5.41, 5.74) is 6.82. The molecular formula is C21H12Cl2N2O3. The van der Waals surface area contributed by atoms with Crippen LogP contribution in [-0.2, 0) is 0 Å². The normalized spacial score (nSPS) is 11.8. The van der Waals surface area contributed by atoms with Crippen LogP contribution >= 0.6 is 23.2 Å². The maximum atomic E-state index is 13.3. The topological polar surface area (TPSA) is 99.3 Å². The van der Waals surface area contributed by atoms with Crippen molar-refractivity contribution in [1.82, 2.24) is 4.98 Å². The molecule has 28 heavy (non-hydrogen) atoms. The number of nitrogens with two attached hydrogens (primary N) is 1. The Kier molecular flexibility index (Phi) is 3.44. The van der Waals surface area contributed by atoms with E-state index in [1.54, 1.807) is 30.3 Å². The Morgan fingerprint density at radius 2 is 1.50 bits per heavy atom. The van der Waals surface area contributed by atoms with Crippen LogP contribution in [0.3, 0.4) is 0 Å². The van der Waals surface area contributed by atoms with E-state index < -0.39 is 0 Å². The fourth-order valence-electron chi connectivity index (χ4n) is 3.82. The highest BCUT2D eigenvalue weighted by Gasteiger charge is 2.20. The maximum Gasteiger partial charge on any atom is 0.196 e. The van der Waals surface area contributed by atoms with Gasteiger partial charge in [-0.05, 0) is 18.2 Å². The zero-order chi connectivity index (χ0) is 19.7. The number of aromatic hydroxyl groups is 2. The van der Waals surface area contributed by atoms with Crippen LogP contribution in [0.1, 0.15) is 0 Å². The minimum Gasteiger partial charge on any atom is -0.507 e. The molecule has 0 radical (unpaired) electrons. The van der Waals surface area contributed by atoms with Crippen molar-refractivity contribution in [2.45, 2.75) is 0 Å². The van der Waals surface area contributed by atoms with E-state index in [1.165, 1.54) is 12.1 Å². The number of anilines is 1. The van der Waals surface area contributed by atoms with Gasteiger partial charge in [-0.25, -0.2) is 0 Å². The number of benzene rings is 4. The molecule has 0 aliphatic heterocycles. The first-order valence-corrected chi connectivity index (χ1v) is 9.13. The van der Waals surface area contributed by atoms with Gasteiger partial charge < -0.3 is 20.9 Å². The van der Waals surface area contributed by atoms with E-state index in [0.717, 1.165) is 0 Å². The predicted molar refractivity (Wildman–Crippen MR) is 115 cm³/mol. The van der Waals surface area contributed by atoms with Gasteiger partial charge in [0.25, 0.3) is 0 Å². The number of halogens is 2. The number of nitrogens with one attached hydrogen (secondary N) is 1. The van der Waals surface area contributed by atoms with E-state index in [1.807, 2.05) is 0 Å². The number of aromatic nitrogens is 1. The van der Waals surface area contributed by atoms with Crippen LogP contribution in [-0.4, -0.2) is 15.2 Å². The van der Waals surface area contributed by atoms with E-state index in [-0.39, 0.29) is 33.4 Å². The Morgan fingerprint density at radius 3 is 2.25 bits per heavy atom. The van der Waals surface area contributed by atoms with Gasteiger partial charge in [0.1, 0.15) is 11.5 Å². The molecule has 5 N–H and O–H groups in total. The summed E-state index contributed by atoms with van der Waals surface area (Å²) in [7, 11) is 0. The summed E-state index contributed by atoms with van der Waals surface area (Å²) in [6, 6.07) is 11.4. The molecule has 5 rings (SSSR count). The largest absolute Gasteiger partial charge is 0.507 e. The second-order valence-corrected chi connectivity index (χ2v) is 7.49. The number of pyridine rings is 1.